The molecule has 0 aliphatic carbocycles. The summed E-state index contributed by atoms with van der Waals surface area (Å²) in [5.74, 6) is 2.58. The lowest BCUT2D eigenvalue weighted by molar-refractivity contribution is 0.411. The molecule has 12 aromatic carbocycles. The number of ether oxygens (including phenoxy) is 2. The van der Waals surface area contributed by atoms with Gasteiger partial charge in [-0.25, -0.2) is 0 Å². The number of aryl methyl sites for hydroxylation is 19. The average Bonchev–Trinajstić information content (AvgIpc) is 0.871. The maximum atomic E-state index is 5.13. The maximum absolute atomic E-state index is 5.13. The Kier molecular flexibility index (Phi) is 51.1. The van der Waals surface area contributed by atoms with Crippen LogP contribution in [0.2, 0.25) is 0 Å². The van der Waals surface area contributed by atoms with Gasteiger partial charge in [0.25, 0.3) is 0 Å². The number of para-hydroxylation sites is 1. The molecule has 0 amide bonds. The van der Waals surface area contributed by atoms with E-state index in [0.717, 1.165) is 68.6 Å². The number of hydrogen-bond acceptors (Lipinski definition) is 7. The van der Waals surface area contributed by atoms with Crippen LogP contribution < -0.4 is 34.4 Å². The van der Waals surface area contributed by atoms with E-state index in [0.29, 0.717) is 5.92 Å². The largest absolute Gasteiger partial charge is 0.496 e. The van der Waals surface area contributed by atoms with Crippen LogP contribution in [-0.4, -0.2) is 60.5 Å². The second-order valence-corrected chi connectivity index (χ2v) is 32.8. The fraction of sp³-hybridized carbons (Fsp3) is 0.305. The minimum Gasteiger partial charge on any atom is -0.496 e. The molecule has 0 fully saturated rings. The van der Waals surface area contributed by atoms with E-state index in [4.69, 9.17) is 9.47 Å². The van der Waals surface area contributed by atoms with Gasteiger partial charge in [-0.2, -0.15) is 0 Å². The van der Waals surface area contributed by atoms with Crippen LogP contribution in [0.5, 0.6) is 11.5 Å². The maximum Gasteiger partial charge on any atom is 0.122 e. The van der Waals surface area contributed by atoms with Gasteiger partial charge in [0.05, 0.1) is 14.2 Å². The third-order valence-electron chi connectivity index (χ3n) is 20.6. The number of rotatable bonds is 24. The Balaban J connectivity index is 0.000000361. The second-order valence-electron chi connectivity index (χ2n) is 32.8. The van der Waals surface area contributed by atoms with Crippen molar-refractivity contribution < 1.29 is 9.47 Å². The van der Waals surface area contributed by atoms with Crippen LogP contribution in [0.4, 0.5) is 39.8 Å². The molecular formula is C118H155N5O2. The Labute approximate surface area is 760 Å². The van der Waals surface area contributed by atoms with E-state index >= 15 is 0 Å². The van der Waals surface area contributed by atoms with Crippen LogP contribution in [0.25, 0.3) is 6.08 Å². The first-order chi connectivity index (χ1) is 59.7. The molecule has 0 unspecified atom stereocenters. The number of methoxy groups -OCH3 is 2. The van der Waals surface area contributed by atoms with Gasteiger partial charge in [-0.3, -0.25) is 0 Å². The molecule has 12 rings (SSSR count). The topological polar surface area (TPSA) is 43.5 Å². The third kappa shape index (κ3) is 41.8. The molecular weight excluding hydrogens is 1520 g/mol. The molecule has 0 aromatic heterocycles. The van der Waals surface area contributed by atoms with Gasteiger partial charge >= 0.3 is 0 Å². The van der Waals surface area contributed by atoms with Gasteiger partial charge in [0.1, 0.15) is 11.5 Å². The highest BCUT2D eigenvalue weighted by Gasteiger charge is 2.11. The molecule has 7 heteroatoms. The molecule has 0 bridgehead atoms. The Hall–Kier alpha value is -12.1. The quantitative estimate of drug-likeness (QED) is 0.0605. The fourth-order valence-corrected chi connectivity index (χ4v) is 13.8. The number of anilines is 7. The first-order valence-electron chi connectivity index (χ1n) is 44.4. The predicted octanol–water partition coefficient (Wildman–Crippen LogP) is 32.3. The SMILES string of the molecule is C=CCN(CC=C)c1cc(C)ccc1C.C=CCN(CC=C)c1ccc(C)cc1C.C=Cc1cccc(C)c1.CCCN(CCC)c1ccc(C)cc1C.CCc1ccc(C)cc1.COc1cc(C)ccc1C.COc1ccc(C)cc1C.Cc1cc(C)cc(Nc2ccccc2)c1.Cc1ccc(C)c(C(C)C)c1.Cc1ccc(N(C)c2ccc(C)cc2)cc1. The molecule has 0 atom stereocenters. The molecule has 0 radical (unpaired) electrons. The van der Waals surface area contributed by atoms with Crippen molar-refractivity contribution in [3.63, 3.8) is 0 Å². The summed E-state index contributed by atoms with van der Waals surface area (Å²) in [4.78, 5) is 9.21. The van der Waals surface area contributed by atoms with Gasteiger partial charge in [-0.05, 0) is 301 Å². The summed E-state index contributed by atoms with van der Waals surface area (Å²) >= 11 is 0. The summed E-state index contributed by atoms with van der Waals surface area (Å²) in [7, 11) is 5.48. The molecule has 0 saturated heterocycles. The van der Waals surface area contributed by atoms with E-state index in [9.17, 15) is 0 Å². The highest BCUT2D eigenvalue weighted by molar-refractivity contribution is 5.64. The fourth-order valence-electron chi connectivity index (χ4n) is 13.8. The second kappa shape index (κ2) is 59.7. The van der Waals surface area contributed by atoms with Gasteiger partial charge in [0, 0.05) is 86.1 Å². The average molecular weight is 1680 g/mol. The van der Waals surface area contributed by atoms with E-state index in [-0.39, 0.29) is 0 Å². The molecule has 0 aliphatic rings. The lowest BCUT2D eigenvalue weighted by Crippen LogP contribution is -2.25. The predicted molar refractivity (Wildman–Crippen MR) is 559 cm³/mol. The van der Waals surface area contributed by atoms with Crippen molar-refractivity contribution in [3.05, 3.63) is 429 Å². The van der Waals surface area contributed by atoms with E-state index in [1.54, 1.807) is 14.2 Å². The Morgan fingerprint density at radius 2 is 0.704 bits per heavy atom. The van der Waals surface area contributed by atoms with Gasteiger partial charge in [0.2, 0.25) is 0 Å². The molecule has 0 heterocycles. The molecule has 664 valence electrons. The Morgan fingerprint density at radius 3 is 1.10 bits per heavy atom. The summed E-state index contributed by atoms with van der Waals surface area (Å²) in [6.07, 6.45) is 13.1. The van der Waals surface area contributed by atoms with Gasteiger partial charge in [-0.15, -0.1) is 26.3 Å². The van der Waals surface area contributed by atoms with E-state index < -0.39 is 0 Å². The van der Waals surface area contributed by atoms with Crippen molar-refractivity contribution in [2.24, 2.45) is 0 Å². The van der Waals surface area contributed by atoms with Crippen LogP contribution >= 0.6 is 0 Å². The van der Waals surface area contributed by atoms with Crippen LogP contribution in [0.1, 0.15) is 170 Å². The van der Waals surface area contributed by atoms with E-state index in [2.05, 4.69) is 417 Å². The molecule has 7 nitrogen and oxygen atoms in total. The molecule has 0 spiro atoms. The highest BCUT2D eigenvalue weighted by atomic mass is 16.5. The van der Waals surface area contributed by atoms with Crippen molar-refractivity contribution in [2.45, 2.75) is 184 Å². The van der Waals surface area contributed by atoms with Crippen molar-refractivity contribution in [1.82, 2.24) is 0 Å². The standard InChI is InChI=1S/C15H17N.C14H15N.C14H23N.2C14H19N.C11H16.2C9H12O.C9H12.C9H10/c1-12-4-8-14(9-5-12)16(3)15-10-6-13(2)7-11-15;1-11-8-12(2)10-14(9-11)15-13-6-4-3-5-7-13;2*1-5-9-15(10-6-2)14-8-7-12(3)11-13(14)4;1-5-9-15(10-6-2)14-11-12(3)7-8-13(14)4;1-8(2)11-7-9(3)5-6-10(11)4;1-7-4-5-9(10-3)8(2)6-7;1-7-4-5-8(2)9(6-7)10-3;1-3-9-6-4-8(2)5-7-9;1-3-9-6-4-5-8(2)7-9/h4-11H,1-3H3;3-10,15H,1-2H3;7-8,11H,5-6,9-10H2,1-4H3;2*5-8,11H,1-2,9-10H2,3-4H3;5-8H,1-4H3;2*4-6H,1-3H3;4-7H,3H2,1-2H3;3-7H,1H2,2H3. The lowest BCUT2D eigenvalue weighted by atomic mass is 9.96. The molecule has 12 aromatic rings. The number of hydrogen-bond donors (Lipinski definition) is 1. The molecule has 1 N–H and O–H groups in total. The van der Waals surface area contributed by atoms with Gasteiger partial charge < -0.3 is 34.4 Å². The van der Waals surface area contributed by atoms with E-state index in [1.165, 1.54) is 158 Å². The smallest absolute Gasteiger partial charge is 0.122 e. The summed E-state index contributed by atoms with van der Waals surface area (Å²) in [5, 5.41) is 3.39. The molecule has 0 saturated carbocycles. The van der Waals surface area contributed by atoms with Crippen molar-refractivity contribution in [3.8, 4) is 11.5 Å². The minimum atomic E-state index is 0.648. The van der Waals surface area contributed by atoms with Gasteiger partial charge in [-0.1, -0.05) is 292 Å². The Morgan fingerprint density at radius 1 is 0.312 bits per heavy atom. The summed E-state index contributed by atoms with van der Waals surface area (Å²) in [5.41, 5.74) is 36.1. The molecule has 125 heavy (non-hydrogen) atoms. The number of nitrogens with one attached hydrogen (secondary N) is 1. The van der Waals surface area contributed by atoms with Crippen LogP contribution in [-0.2, 0) is 6.42 Å². The number of benzene rings is 12. The van der Waals surface area contributed by atoms with Crippen molar-refractivity contribution >= 4 is 45.9 Å². The zero-order valence-corrected chi connectivity index (χ0v) is 81.7. The van der Waals surface area contributed by atoms with Crippen LogP contribution in [0.15, 0.2) is 312 Å². The highest BCUT2D eigenvalue weighted by Crippen LogP contribution is 2.28. The monoisotopic (exact) mass is 1670 g/mol. The third-order valence-corrected chi connectivity index (χ3v) is 20.6. The summed E-state index contributed by atoms with van der Waals surface area (Å²) in [6, 6.07) is 89.5. The van der Waals surface area contributed by atoms with Crippen LogP contribution in [0, 0.1) is 125 Å². The zero-order valence-electron chi connectivity index (χ0n) is 81.7. The molecule has 0 aliphatic heterocycles. The first kappa shape index (κ1) is 107. The zero-order chi connectivity index (χ0) is 92.9. The van der Waals surface area contributed by atoms with E-state index in [1.807, 2.05) is 92.8 Å². The summed E-state index contributed by atoms with van der Waals surface area (Å²) < 4.78 is 10.2. The van der Waals surface area contributed by atoms with Crippen molar-refractivity contribution in [2.75, 3.05) is 85.5 Å². The van der Waals surface area contributed by atoms with Gasteiger partial charge in [0.15, 0.2) is 0 Å². The summed E-state index contributed by atoms with van der Waals surface area (Å²) in [6.45, 7) is 73.7. The minimum absolute atomic E-state index is 0.648. The normalized spacial score (nSPS) is 9.88. The van der Waals surface area contributed by atoms with Crippen LogP contribution in [0.3, 0.4) is 0 Å². The van der Waals surface area contributed by atoms with Crippen molar-refractivity contribution in [1.29, 1.82) is 0 Å². The first-order valence-corrected chi connectivity index (χ1v) is 44.4. The Bertz CT molecular complexity index is 5020. The lowest BCUT2D eigenvalue weighted by Gasteiger charge is -2.25. The number of nitrogens with zero attached hydrogens (tertiary/aromatic N) is 4.